The fourth-order valence-corrected chi connectivity index (χ4v) is 7.42. The Balaban J connectivity index is 1.69. The average Bonchev–Trinajstić information content (AvgIpc) is 2.90. The molecule has 0 radical (unpaired) electrons. The van der Waals surface area contributed by atoms with Crippen LogP contribution >= 0.6 is 0 Å². The molecule has 4 rings (SSSR count). The van der Waals surface area contributed by atoms with Crippen molar-refractivity contribution in [2.24, 2.45) is 34.5 Å². The van der Waals surface area contributed by atoms with Gasteiger partial charge in [0.2, 0.25) is 0 Å². The van der Waals surface area contributed by atoms with E-state index in [0.717, 1.165) is 25.7 Å². The molecule has 3 saturated carbocycles. The fourth-order valence-electron chi connectivity index (χ4n) is 7.42. The van der Waals surface area contributed by atoms with Crippen LogP contribution in [0.2, 0.25) is 0 Å². The molecular weight excluding hydrogens is 332 g/mol. The first kappa shape index (κ1) is 18.2. The summed E-state index contributed by atoms with van der Waals surface area (Å²) in [5, 5.41) is 30.7. The molecule has 8 atom stereocenters. The van der Waals surface area contributed by atoms with Crippen molar-refractivity contribution in [3.63, 3.8) is 0 Å². The van der Waals surface area contributed by atoms with E-state index in [0.29, 0.717) is 31.1 Å². The summed E-state index contributed by atoms with van der Waals surface area (Å²) in [5.74, 6) is -0.430. The number of allylic oxidation sites excluding steroid dienone is 1. The summed E-state index contributed by atoms with van der Waals surface area (Å²) in [6, 6.07) is 0. The number of rotatable bonds is 2. The van der Waals surface area contributed by atoms with Gasteiger partial charge in [-0.05, 0) is 73.2 Å². The highest BCUT2D eigenvalue weighted by molar-refractivity contribution is 5.91. The fraction of sp³-hybridized carbons (Fsp3) is 0.810. The van der Waals surface area contributed by atoms with Crippen molar-refractivity contribution in [1.29, 1.82) is 0 Å². The molecule has 0 aromatic carbocycles. The SMILES string of the molecule is C[C@]12C[C@H](O)[C@H]3[C@@H](CCC4=CC(=O)CC[C@@]43C)[C@@H]1CC[C@@H]2[C@@H](O)C(=O)O. The Morgan fingerprint density at radius 2 is 1.96 bits per heavy atom. The molecule has 3 N–H and O–H groups in total. The molecule has 0 unspecified atom stereocenters. The number of hydrogen-bond donors (Lipinski definition) is 3. The molecule has 0 heterocycles. The van der Waals surface area contributed by atoms with Gasteiger partial charge in [-0.25, -0.2) is 4.79 Å². The van der Waals surface area contributed by atoms with Crippen LogP contribution in [0.4, 0.5) is 0 Å². The van der Waals surface area contributed by atoms with Crippen LogP contribution in [-0.4, -0.2) is 39.3 Å². The zero-order valence-electron chi connectivity index (χ0n) is 15.6. The molecule has 0 amide bonds. The summed E-state index contributed by atoms with van der Waals surface area (Å²) in [5.41, 5.74) is 0.749. The highest BCUT2D eigenvalue weighted by atomic mass is 16.4. The van der Waals surface area contributed by atoms with E-state index in [2.05, 4.69) is 13.8 Å². The van der Waals surface area contributed by atoms with Crippen LogP contribution in [0, 0.1) is 34.5 Å². The van der Waals surface area contributed by atoms with E-state index in [-0.39, 0.29) is 28.4 Å². The first-order valence-corrected chi connectivity index (χ1v) is 10.0. The molecule has 0 saturated heterocycles. The van der Waals surface area contributed by atoms with Gasteiger partial charge in [0.15, 0.2) is 11.9 Å². The summed E-state index contributed by atoms with van der Waals surface area (Å²) in [6.07, 6.45) is 5.35. The highest BCUT2D eigenvalue weighted by Gasteiger charge is 2.63. The van der Waals surface area contributed by atoms with Gasteiger partial charge in [0.05, 0.1) is 6.10 Å². The number of carbonyl (C=O) groups excluding carboxylic acids is 1. The normalized spacial score (nSPS) is 48.8. The van der Waals surface area contributed by atoms with Gasteiger partial charge in [0.25, 0.3) is 0 Å². The van der Waals surface area contributed by atoms with E-state index in [1.807, 2.05) is 6.08 Å². The maximum Gasteiger partial charge on any atom is 0.332 e. The summed E-state index contributed by atoms with van der Waals surface area (Å²) < 4.78 is 0. The van der Waals surface area contributed by atoms with Crippen LogP contribution in [0.15, 0.2) is 11.6 Å². The minimum atomic E-state index is -1.35. The van der Waals surface area contributed by atoms with Crippen LogP contribution in [0.1, 0.15) is 58.8 Å². The predicted octanol–water partition coefficient (Wildman–Crippen LogP) is 2.55. The number of carboxylic acids is 1. The Morgan fingerprint density at radius 1 is 1.23 bits per heavy atom. The summed E-state index contributed by atoms with van der Waals surface area (Å²) >= 11 is 0. The second-order valence-electron chi connectivity index (χ2n) is 9.63. The number of aliphatic hydroxyl groups is 2. The van der Waals surface area contributed by atoms with E-state index in [1.54, 1.807) is 0 Å². The van der Waals surface area contributed by atoms with Crippen molar-refractivity contribution >= 4 is 11.8 Å². The maximum atomic E-state index is 11.9. The van der Waals surface area contributed by atoms with Gasteiger partial charge in [-0.3, -0.25) is 4.79 Å². The van der Waals surface area contributed by atoms with Crippen molar-refractivity contribution in [2.45, 2.75) is 71.0 Å². The summed E-state index contributed by atoms with van der Waals surface area (Å²) in [7, 11) is 0. The van der Waals surface area contributed by atoms with E-state index in [4.69, 9.17) is 0 Å². The van der Waals surface area contributed by atoms with Crippen molar-refractivity contribution in [3.8, 4) is 0 Å². The van der Waals surface area contributed by atoms with Gasteiger partial charge in [0.1, 0.15) is 0 Å². The molecule has 144 valence electrons. The molecule has 0 aliphatic heterocycles. The Hall–Kier alpha value is -1.20. The van der Waals surface area contributed by atoms with E-state index in [9.17, 15) is 24.9 Å². The van der Waals surface area contributed by atoms with Gasteiger partial charge in [-0.15, -0.1) is 0 Å². The van der Waals surface area contributed by atoms with E-state index >= 15 is 0 Å². The summed E-state index contributed by atoms with van der Waals surface area (Å²) in [6.45, 7) is 4.30. The number of fused-ring (bicyclic) bond motifs is 5. The molecule has 0 aromatic heterocycles. The third-order valence-corrected chi connectivity index (χ3v) is 8.60. The number of carboxylic acid groups (broad SMARTS) is 1. The van der Waals surface area contributed by atoms with Crippen molar-refractivity contribution in [3.05, 3.63) is 11.6 Å². The minimum Gasteiger partial charge on any atom is -0.479 e. The standard InChI is InChI=1S/C21H30O5/c1-20-8-7-12(22)9-11(20)3-4-13-14-5-6-15(18(24)19(25)26)21(14,2)10-16(23)17(13)20/h9,13-18,23-24H,3-8,10H2,1-2H3,(H,25,26)/t13-,14-,15+,16-,17+,18+,20-,21-/m0/s1. The van der Waals surface area contributed by atoms with Crippen LogP contribution in [0.25, 0.3) is 0 Å². The van der Waals surface area contributed by atoms with Gasteiger partial charge in [-0.1, -0.05) is 19.4 Å². The second-order valence-corrected chi connectivity index (χ2v) is 9.63. The minimum absolute atomic E-state index is 0.124. The van der Waals surface area contributed by atoms with Gasteiger partial charge in [-0.2, -0.15) is 0 Å². The molecule has 0 aromatic rings. The van der Waals surface area contributed by atoms with Crippen LogP contribution in [-0.2, 0) is 9.59 Å². The molecule has 26 heavy (non-hydrogen) atoms. The second kappa shape index (κ2) is 5.90. The molecule has 5 heteroatoms. The smallest absolute Gasteiger partial charge is 0.332 e. The third-order valence-electron chi connectivity index (χ3n) is 8.60. The zero-order valence-corrected chi connectivity index (χ0v) is 15.6. The first-order valence-electron chi connectivity index (χ1n) is 10.0. The van der Waals surface area contributed by atoms with Gasteiger partial charge < -0.3 is 15.3 Å². The topological polar surface area (TPSA) is 94.8 Å². The Morgan fingerprint density at radius 3 is 2.65 bits per heavy atom. The Labute approximate surface area is 154 Å². The number of carbonyl (C=O) groups is 2. The van der Waals surface area contributed by atoms with Crippen molar-refractivity contribution in [1.82, 2.24) is 0 Å². The quantitative estimate of drug-likeness (QED) is 0.702. The number of aliphatic carboxylic acids is 1. The van der Waals surface area contributed by atoms with E-state index < -0.39 is 18.2 Å². The van der Waals surface area contributed by atoms with Crippen LogP contribution in [0.3, 0.4) is 0 Å². The Bertz CT molecular complexity index is 669. The monoisotopic (exact) mass is 362 g/mol. The molecule has 5 nitrogen and oxygen atoms in total. The first-order chi connectivity index (χ1) is 12.2. The lowest BCUT2D eigenvalue weighted by molar-refractivity contribution is -0.162. The van der Waals surface area contributed by atoms with Gasteiger partial charge in [0, 0.05) is 12.3 Å². The Kier molecular flexibility index (Phi) is 4.12. The molecular formula is C21H30O5. The van der Waals surface area contributed by atoms with Crippen LogP contribution in [0.5, 0.6) is 0 Å². The molecule has 4 aliphatic carbocycles. The average molecular weight is 362 g/mol. The van der Waals surface area contributed by atoms with Crippen molar-refractivity contribution in [2.75, 3.05) is 0 Å². The predicted molar refractivity (Wildman–Crippen MR) is 95.2 cm³/mol. The van der Waals surface area contributed by atoms with E-state index in [1.165, 1.54) is 5.57 Å². The third kappa shape index (κ3) is 2.36. The summed E-state index contributed by atoms with van der Waals surface area (Å²) in [4.78, 5) is 23.3. The lowest BCUT2D eigenvalue weighted by atomic mass is 9.46. The number of hydrogen-bond acceptors (Lipinski definition) is 4. The van der Waals surface area contributed by atoms with Gasteiger partial charge >= 0.3 is 5.97 Å². The largest absolute Gasteiger partial charge is 0.479 e. The maximum absolute atomic E-state index is 11.9. The number of ketones is 1. The molecule has 0 bridgehead atoms. The molecule has 0 spiro atoms. The van der Waals surface area contributed by atoms with Crippen molar-refractivity contribution < 1.29 is 24.9 Å². The van der Waals surface area contributed by atoms with Crippen LogP contribution < -0.4 is 0 Å². The number of aliphatic hydroxyl groups excluding tert-OH is 2. The molecule has 4 aliphatic rings. The molecule has 3 fully saturated rings. The lowest BCUT2D eigenvalue weighted by Gasteiger charge is -2.60. The zero-order chi connectivity index (χ0) is 18.9. The lowest BCUT2D eigenvalue weighted by Crippen LogP contribution is -2.57. The highest BCUT2D eigenvalue weighted by Crippen LogP contribution is 2.66.